The zero-order chi connectivity index (χ0) is 16.3. The minimum absolute atomic E-state index is 0.00163. The highest BCUT2D eigenvalue weighted by Gasteiger charge is 2.35. The molecular formula is C15H19F2N3O2. The largest absolute Gasteiger partial charge is 0.350 e. The van der Waals surface area contributed by atoms with Crippen LogP contribution in [0.25, 0.3) is 0 Å². The second kappa shape index (κ2) is 6.83. The first-order valence-electron chi connectivity index (χ1n) is 7.24. The zero-order valence-corrected chi connectivity index (χ0v) is 12.3. The molecule has 7 heteroatoms. The molecule has 1 saturated heterocycles. The van der Waals surface area contributed by atoms with Crippen LogP contribution in [0.5, 0.6) is 0 Å². The van der Waals surface area contributed by atoms with Crippen molar-refractivity contribution < 1.29 is 18.4 Å². The Hall–Kier alpha value is -2.02. The number of carbonyl (C=O) groups excluding carboxylic acids is 2. The van der Waals surface area contributed by atoms with Gasteiger partial charge in [-0.15, -0.1) is 0 Å². The van der Waals surface area contributed by atoms with Gasteiger partial charge >= 0.3 is 0 Å². The molecule has 2 rings (SSSR count). The lowest BCUT2D eigenvalue weighted by molar-refractivity contribution is -0.123. The van der Waals surface area contributed by atoms with Crippen LogP contribution in [-0.2, 0) is 9.59 Å². The quantitative estimate of drug-likeness (QED) is 0.861. The van der Waals surface area contributed by atoms with E-state index in [9.17, 15) is 18.4 Å². The van der Waals surface area contributed by atoms with Crippen molar-refractivity contribution >= 4 is 17.5 Å². The Kier molecular flexibility index (Phi) is 5.07. The lowest BCUT2D eigenvalue weighted by Crippen LogP contribution is -2.46. The van der Waals surface area contributed by atoms with Gasteiger partial charge in [0.05, 0.1) is 12.1 Å². The molecule has 1 fully saturated rings. The minimum atomic E-state index is -0.803. The molecule has 2 atom stereocenters. The predicted octanol–water partition coefficient (Wildman–Crippen LogP) is 1.31. The molecule has 1 aromatic carbocycles. The molecule has 1 aliphatic rings. The fourth-order valence-corrected chi connectivity index (χ4v) is 2.52. The van der Waals surface area contributed by atoms with Crippen molar-refractivity contribution in [3.63, 3.8) is 0 Å². The summed E-state index contributed by atoms with van der Waals surface area (Å²) < 4.78 is 27.5. The number of rotatable bonds is 5. The molecule has 2 amide bonds. The van der Waals surface area contributed by atoms with E-state index in [2.05, 4.69) is 5.32 Å². The van der Waals surface area contributed by atoms with Crippen LogP contribution < -0.4 is 16.0 Å². The molecule has 1 heterocycles. The number of anilines is 1. The summed E-state index contributed by atoms with van der Waals surface area (Å²) in [5, 5.41) is 2.66. The fourth-order valence-electron chi connectivity index (χ4n) is 2.52. The van der Waals surface area contributed by atoms with Crippen molar-refractivity contribution in [2.24, 2.45) is 5.73 Å². The third-order valence-corrected chi connectivity index (χ3v) is 3.62. The number of hydrogen-bond donors (Lipinski definition) is 2. The van der Waals surface area contributed by atoms with E-state index in [0.29, 0.717) is 6.42 Å². The molecule has 2 unspecified atom stereocenters. The Morgan fingerprint density at radius 1 is 1.45 bits per heavy atom. The van der Waals surface area contributed by atoms with Crippen molar-refractivity contribution in [3.05, 3.63) is 29.8 Å². The van der Waals surface area contributed by atoms with Crippen LogP contribution in [0.4, 0.5) is 14.5 Å². The van der Waals surface area contributed by atoms with Crippen LogP contribution in [0.2, 0.25) is 0 Å². The van der Waals surface area contributed by atoms with Crippen LogP contribution in [-0.4, -0.2) is 30.4 Å². The van der Waals surface area contributed by atoms with Crippen molar-refractivity contribution in [2.75, 3.05) is 11.4 Å². The maximum atomic E-state index is 13.8. The Morgan fingerprint density at radius 2 is 2.09 bits per heavy atom. The molecule has 22 heavy (non-hydrogen) atoms. The number of para-hydroxylation sites is 1. The number of nitrogens with two attached hydrogens (primary N) is 1. The maximum absolute atomic E-state index is 13.8. The number of hydrogen-bond acceptors (Lipinski definition) is 3. The summed E-state index contributed by atoms with van der Waals surface area (Å²) in [6.07, 6.45) is 1.31. The van der Waals surface area contributed by atoms with Gasteiger partial charge in [-0.2, -0.15) is 0 Å². The van der Waals surface area contributed by atoms with Gasteiger partial charge in [-0.3, -0.25) is 9.59 Å². The molecule has 120 valence electrons. The normalized spacial score (nSPS) is 19.4. The zero-order valence-electron chi connectivity index (χ0n) is 12.3. The number of nitrogens with zero attached hydrogens (tertiary/aromatic N) is 1. The lowest BCUT2D eigenvalue weighted by atomic mass is 10.1. The summed E-state index contributed by atoms with van der Waals surface area (Å²) >= 11 is 0. The molecule has 0 bridgehead atoms. The third-order valence-electron chi connectivity index (χ3n) is 3.62. The maximum Gasteiger partial charge on any atom is 0.237 e. The lowest BCUT2D eigenvalue weighted by Gasteiger charge is -2.19. The first kappa shape index (κ1) is 16.4. The standard InChI is InChI=1S/C15H19F2N3O2/c1-2-4-12(18)15(22)19-9-7-13(21)20(8-9)14-10(16)5-3-6-11(14)17/h3,5-6,9,12H,2,4,7-8,18H2,1H3,(H,19,22). The number of benzene rings is 1. The first-order chi connectivity index (χ1) is 10.4. The summed E-state index contributed by atoms with van der Waals surface area (Å²) in [6, 6.07) is 2.28. The highest BCUT2D eigenvalue weighted by Crippen LogP contribution is 2.27. The molecule has 1 aliphatic heterocycles. The monoisotopic (exact) mass is 311 g/mol. The molecule has 0 spiro atoms. The SMILES string of the molecule is CCCC(N)C(=O)NC1CC(=O)N(c2c(F)cccc2F)C1. The van der Waals surface area contributed by atoms with Crippen molar-refractivity contribution in [1.29, 1.82) is 0 Å². The van der Waals surface area contributed by atoms with E-state index >= 15 is 0 Å². The van der Waals surface area contributed by atoms with Crippen molar-refractivity contribution in [1.82, 2.24) is 5.32 Å². The van der Waals surface area contributed by atoms with E-state index in [-0.39, 0.29) is 24.6 Å². The molecule has 0 saturated carbocycles. The predicted molar refractivity (Wildman–Crippen MR) is 78.1 cm³/mol. The average Bonchev–Trinajstić information content (AvgIpc) is 2.79. The molecular weight excluding hydrogens is 292 g/mol. The fraction of sp³-hybridized carbons (Fsp3) is 0.467. The van der Waals surface area contributed by atoms with Gasteiger partial charge in [-0.1, -0.05) is 19.4 Å². The van der Waals surface area contributed by atoms with Gasteiger partial charge in [-0.05, 0) is 18.6 Å². The topological polar surface area (TPSA) is 75.4 Å². The second-order valence-electron chi connectivity index (χ2n) is 5.38. The molecule has 0 aliphatic carbocycles. The van der Waals surface area contributed by atoms with Gasteiger partial charge < -0.3 is 16.0 Å². The van der Waals surface area contributed by atoms with Gasteiger partial charge in [0.1, 0.15) is 17.3 Å². The molecule has 3 N–H and O–H groups in total. The smallest absolute Gasteiger partial charge is 0.237 e. The molecule has 0 aromatic heterocycles. The molecule has 0 radical (unpaired) electrons. The Morgan fingerprint density at radius 3 is 2.68 bits per heavy atom. The van der Waals surface area contributed by atoms with Crippen LogP contribution in [0.3, 0.4) is 0 Å². The highest BCUT2D eigenvalue weighted by molar-refractivity contribution is 5.97. The van der Waals surface area contributed by atoms with E-state index in [4.69, 9.17) is 5.73 Å². The Labute approximate surface area is 127 Å². The third kappa shape index (κ3) is 3.41. The summed E-state index contributed by atoms with van der Waals surface area (Å²) in [5.74, 6) is -2.39. The highest BCUT2D eigenvalue weighted by atomic mass is 19.1. The number of carbonyl (C=O) groups is 2. The van der Waals surface area contributed by atoms with Gasteiger partial charge in [0, 0.05) is 13.0 Å². The van der Waals surface area contributed by atoms with Crippen molar-refractivity contribution in [3.8, 4) is 0 Å². The van der Waals surface area contributed by atoms with E-state index in [1.807, 2.05) is 6.92 Å². The van der Waals surface area contributed by atoms with E-state index in [1.165, 1.54) is 6.07 Å². The summed E-state index contributed by atoms with van der Waals surface area (Å²) in [4.78, 5) is 24.9. The van der Waals surface area contributed by atoms with E-state index in [0.717, 1.165) is 23.5 Å². The van der Waals surface area contributed by atoms with Crippen LogP contribution in [0.15, 0.2) is 18.2 Å². The van der Waals surface area contributed by atoms with Crippen LogP contribution in [0.1, 0.15) is 26.2 Å². The van der Waals surface area contributed by atoms with Crippen LogP contribution in [0, 0.1) is 11.6 Å². The summed E-state index contributed by atoms with van der Waals surface area (Å²) in [6.45, 7) is 1.94. The van der Waals surface area contributed by atoms with Crippen LogP contribution >= 0.6 is 0 Å². The van der Waals surface area contributed by atoms with Gasteiger partial charge in [-0.25, -0.2) is 8.78 Å². The first-order valence-corrected chi connectivity index (χ1v) is 7.24. The van der Waals surface area contributed by atoms with Crippen molar-refractivity contribution in [2.45, 2.75) is 38.3 Å². The molecule has 5 nitrogen and oxygen atoms in total. The van der Waals surface area contributed by atoms with E-state index < -0.39 is 29.6 Å². The summed E-state index contributed by atoms with van der Waals surface area (Å²) in [7, 11) is 0. The summed E-state index contributed by atoms with van der Waals surface area (Å²) in [5.41, 5.74) is 5.33. The van der Waals surface area contributed by atoms with Gasteiger partial charge in [0.25, 0.3) is 0 Å². The second-order valence-corrected chi connectivity index (χ2v) is 5.38. The number of amides is 2. The minimum Gasteiger partial charge on any atom is -0.350 e. The number of nitrogens with one attached hydrogen (secondary N) is 1. The molecule has 1 aromatic rings. The Bertz CT molecular complexity index is 560. The average molecular weight is 311 g/mol. The van der Waals surface area contributed by atoms with Gasteiger partial charge in [0.15, 0.2) is 0 Å². The Balaban J connectivity index is 2.07. The number of halogens is 2. The van der Waals surface area contributed by atoms with E-state index in [1.54, 1.807) is 0 Å². The van der Waals surface area contributed by atoms with Gasteiger partial charge in [0.2, 0.25) is 11.8 Å².